The molecule has 1 atom stereocenters. The van der Waals surface area contributed by atoms with Crippen LogP contribution in [-0.2, 0) is 16.4 Å². The third-order valence-electron chi connectivity index (χ3n) is 4.79. The second-order valence-corrected chi connectivity index (χ2v) is 8.56. The van der Waals surface area contributed by atoms with Crippen LogP contribution in [0.5, 0.6) is 0 Å². The minimum absolute atomic E-state index is 0.119. The van der Waals surface area contributed by atoms with Gasteiger partial charge in [-0.3, -0.25) is 4.98 Å². The lowest BCUT2D eigenvalue weighted by Crippen LogP contribution is -2.44. The predicted molar refractivity (Wildman–Crippen MR) is 83.4 cm³/mol. The molecule has 1 aliphatic heterocycles. The van der Waals surface area contributed by atoms with Gasteiger partial charge in [-0.1, -0.05) is 18.9 Å². The summed E-state index contributed by atoms with van der Waals surface area (Å²) in [6, 6.07) is 5.95. The molecular weight excluding hydrogens is 284 g/mol. The molecule has 5 heteroatoms. The lowest BCUT2D eigenvalue weighted by atomic mass is 9.94. The monoisotopic (exact) mass is 308 g/mol. The summed E-state index contributed by atoms with van der Waals surface area (Å²) in [7, 11) is -3.07. The molecule has 0 aromatic carbocycles. The average molecular weight is 308 g/mol. The van der Waals surface area contributed by atoms with Gasteiger partial charge in [-0.25, -0.2) is 12.7 Å². The Labute approximate surface area is 127 Å². The molecule has 116 valence electrons. The highest BCUT2D eigenvalue weighted by molar-refractivity contribution is 7.89. The van der Waals surface area contributed by atoms with Crippen molar-refractivity contribution in [1.29, 1.82) is 0 Å². The summed E-state index contributed by atoms with van der Waals surface area (Å²) in [6.45, 7) is 1.38. The van der Waals surface area contributed by atoms with Gasteiger partial charge in [0.25, 0.3) is 0 Å². The van der Waals surface area contributed by atoms with Gasteiger partial charge in [0.15, 0.2) is 0 Å². The molecule has 2 aliphatic rings. The molecular formula is C16H24N2O2S. The van der Waals surface area contributed by atoms with Crippen LogP contribution < -0.4 is 0 Å². The van der Waals surface area contributed by atoms with Gasteiger partial charge in [-0.15, -0.1) is 0 Å². The molecule has 1 aromatic heterocycles. The molecule has 0 radical (unpaired) electrons. The second-order valence-electron chi connectivity index (χ2n) is 6.34. The van der Waals surface area contributed by atoms with Crippen molar-refractivity contribution in [1.82, 2.24) is 9.29 Å². The van der Waals surface area contributed by atoms with E-state index in [0.29, 0.717) is 19.0 Å². The van der Waals surface area contributed by atoms with Crippen LogP contribution in [0.1, 0.15) is 44.2 Å². The number of pyridine rings is 1. The Morgan fingerprint density at radius 1 is 1.14 bits per heavy atom. The van der Waals surface area contributed by atoms with Crippen LogP contribution in [0.15, 0.2) is 24.4 Å². The zero-order valence-electron chi connectivity index (χ0n) is 12.4. The average Bonchev–Trinajstić information content (AvgIpc) is 3.04. The van der Waals surface area contributed by atoms with Gasteiger partial charge in [0.2, 0.25) is 10.0 Å². The van der Waals surface area contributed by atoms with Crippen LogP contribution in [0.25, 0.3) is 0 Å². The third kappa shape index (κ3) is 3.46. The van der Waals surface area contributed by atoms with Crippen molar-refractivity contribution in [3.05, 3.63) is 30.1 Å². The number of aromatic nitrogens is 1. The minimum atomic E-state index is -3.07. The Morgan fingerprint density at radius 2 is 1.95 bits per heavy atom. The molecule has 1 aromatic rings. The summed E-state index contributed by atoms with van der Waals surface area (Å²) >= 11 is 0. The van der Waals surface area contributed by atoms with E-state index in [0.717, 1.165) is 50.6 Å². The molecule has 4 nitrogen and oxygen atoms in total. The molecule has 0 bridgehead atoms. The first kappa shape index (κ1) is 15.0. The molecule has 0 amide bonds. The molecule has 2 heterocycles. The van der Waals surface area contributed by atoms with Crippen LogP contribution >= 0.6 is 0 Å². The van der Waals surface area contributed by atoms with Crippen molar-refractivity contribution in [2.75, 3.05) is 13.1 Å². The normalized spacial score (nSPS) is 25.2. The van der Waals surface area contributed by atoms with E-state index in [1.54, 1.807) is 4.31 Å². The zero-order valence-corrected chi connectivity index (χ0v) is 13.3. The quantitative estimate of drug-likeness (QED) is 0.859. The molecule has 1 saturated carbocycles. The predicted octanol–water partition coefficient (Wildman–Crippen LogP) is 2.61. The van der Waals surface area contributed by atoms with Crippen LogP contribution in [-0.4, -0.2) is 36.0 Å². The van der Waals surface area contributed by atoms with Crippen molar-refractivity contribution in [2.24, 2.45) is 5.92 Å². The maximum atomic E-state index is 12.7. The summed E-state index contributed by atoms with van der Waals surface area (Å²) in [6.07, 6.45) is 8.61. The van der Waals surface area contributed by atoms with Crippen molar-refractivity contribution in [3.63, 3.8) is 0 Å². The Kier molecular flexibility index (Phi) is 4.60. The molecule has 0 spiro atoms. The molecule has 21 heavy (non-hydrogen) atoms. The van der Waals surface area contributed by atoms with E-state index >= 15 is 0 Å². The molecule has 1 unspecified atom stereocenters. The van der Waals surface area contributed by atoms with E-state index in [2.05, 4.69) is 4.98 Å². The van der Waals surface area contributed by atoms with Crippen molar-refractivity contribution in [2.45, 2.75) is 50.2 Å². The minimum Gasteiger partial charge on any atom is -0.261 e. The van der Waals surface area contributed by atoms with Crippen LogP contribution in [0.2, 0.25) is 0 Å². The maximum absolute atomic E-state index is 12.7. The molecule has 2 fully saturated rings. The fourth-order valence-corrected chi connectivity index (χ4v) is 5.79. The summed E-state index contributed by atoms with van der Waals surface area (Å²) in [4.78, 5) is 4.37. The number of hydrogen-bond acceptors (Lipinski definition) is 3. The van der Waals surface area contributed by atoms with Crippen LogP contribution in [0.3, 0.4) is 0 Å². The maximum Gasteiger partial charge on any atom is 0.216 e. The number of rotatable bonds is 4. The highest BCUT2D eigenvalue weighted by atomic mass is 32.2. The van der Waals surface area contributed by atoms with Gasteiger partial charge in [-0.2, -0.15) is 0 Å². The van der Waals surface area contributed by atoms with E-state index in [1.807, 2.05) is 24.4 Å². The Bertz CT molecular complexity index is 553. The fraction of sp³-hybridized carbons (Fsp3) is 0.688. The van der Waals surface area contributed by atoms with Gasteiger partial charge in [0.1, 0.15) is 0 Å². The van der Waals surface area contributed by atoms with Crippen LogP contribution in [0, 0.1) is 5.92 Å². The number of sulfonamides is 1. The van der Waals surface area contributed by atoms with Crippen molar-refractivity contribution >= 4 is 10.0 Å². The first-order valence-electron chi connectivity index (χ1n) is 8.05. The molecule has 0 N–H and O–H groups in total. The number of nitrogens with zero attached hydrogens (tertiary/aromatic N) is 2. The van der Waals surface area contributed by atoms with Gasteiger partial charge >= 0.3 is 0 Å². The van der Waals surface area contributed by atoms with Crippen molar-refractivity contribution in [3.8, 4) is 0 Å². The molecule has 3 rings (SSSR count). The number of hydrogen-bond donors (Lipinski definition) is 0. The molecule has 1 aliphatic carbocycles. The smallest absolute Gasteiger partial charge is 0.216 e. The fourth-order valence-electron chi connectivity index (χ4n) is 3.64. The topological polar surface area (TPSA) is 50.3 Å². The largest absolute Gasteiger partial charge is 0.261 e. The number of piperidine rings is 1. The molecule has 1 saturated heterocycles. The second kappa shape index (κ2) is 6.44. The van der Waals surface area contributed by atoms with Crippen LogP contribution in [0.4, 0.5) is 0 Å². The van der Waals surface area contributed by atoms with Gasteiger partial charge < -0.3 is 0 Å². The Balaban J connectivity index is 1.65. The third-order valence-corrected chi connectivity index (χ3v) is 7.15. The van der Waals surface area contributed by atoms with E-state index in [-0.39, 0.29) is 5.25 Å². The summed E-state index contributed by atoms with van der Waals surface area (Å²) in [5, 5.41) is -0.119. The van der Waals surface area contributed by atoms with Gasteiger partial charge in [0, 0.05) is 25.0 Å². The van der Waals surface area contributed by atoms with E-state index in [1.165, 1.54) is 0 Å². The highest BCUT2D eigenvalue weighted by Crippen LogP contribution is 2.30. The zero-order chi connectivity index (χ0) is 14.7. The first-order valence-corrected chi connectivity index (χ1v) is 9.55. The summed E-state index contributed by atoms with van der Waals surface area (Å²) in [5.74, 6) is 0.407. The standard InChI is InChI=1S/C16H24N2O2S/c19-21(20,16-8-1-2-9-16)18-11-5-6-14(13-18)12-15-7-3-4-10-17-15/h3-4,7,10,14,16H,1-2,5-6,8-9,11-13H2. The van der Waals surface area contributed by atoms with E-state index in [4.69, 9.17) is 0 Å². The van der Waals surface area contributed by atoms with Gasteiger partial charge in [-0.05, 0) is 50.2 Å². The van der Waals surface area contributed by atoms with E-state index in [9.17, 15) is 8.42 Å². The summed E-state index contributed by atoms with van der Waals surface area (Å²) in [5.41, 5.74) is 1.07. The lowest BCUT2D eigenvalue weighted by molar-refractivity contribution is 0.262. The lowest BCUT2D eigenvalue weighted by Gasteiger charge is -2.33. The van der Waals surface area contributed by atoms with E-state index < -0.39 is 10.0 Å². The van der Waals surface area contributed by atoms with Crippen molar-refractivity contribution < 1.29 is 8.42 Å². The Morgan fingerprint density at radius 3 is 2.67 bits per heavy atom. The summed E-state index contributed by atoms with van der Waals surface area (Å²) < 4.78 is 27.2. The van der Waals surface area contributed by atoms with Gasteiger partial charge in [0.05, 0.1) is 5.25 Å². The highest BCUT2D eigenvalue weighted by Gasteiger charge is 2.36. The Hall–Kier alpha value is -0.940. The SMILES string of the molecule is O=S(=O)(C1CCCC1)N1CCCC(Cc2ccccn2)C1. The first-order chi connectivity index (χ1) is 10.2.